The predicted octanol–water partition coefficient (Wildman–Crippen LogP) is -0.217. The van der Waals surface area contributed by atoms with Gasteiger partial charge in [-0.25, -0.2) is 0 Å². The van der Waals surface area contributed by atoms with Crippen LogP contribution in [0.25, 0.3) is 0 Å². The van der Waals surface area contributed by atoms with Gasteiger partial charge in [-0.3, -0.25) is 9.59 Å². The van der Waals surface area contributed by atoms with Crippen molar-refractivity contribution in [1.29, 1.82) is 5.26 Å². The van der Waals surface area contributed by atoms with Crippen LogP contribution in [0.3, 0.4) is 0 Å². The molecule has 122 valence electrons. The summed E-state index contributed by atoms with van der Waals surface area (Å²) in [5.74, 6) is -1.65. The molecule has 1 amide bonds. The highest BCUT2D eigenvalue weighted by atomic mass is 16.4. The van der Waals surface area contributed by atoms with Crippen LogP contribution >= 0.6 is 0 Å². The van der Waals surface area contributed by atoms with Crippen LogP contribution in [0.15, 0.2) is 24.3 Å². The molecule has 0 saturated carbocycles. The Labute approximate surface area is 133 Å². The summed E-state index contributed by atoms with van der Waals surface area (Å²) in [5.41, 5.74) is 1.55. The van der Waals surface area contributed by atoms with Gasteiger partial charge in [-0.2, -0.15) is 5.26 Å². The third-order valence-electron chi connectivity index (χ3n) is 3.85. The Morgan fingerprint density at radius 2 is 2.17 bits per heavy atom. The van der Waals surface area contributed by atoms with E-state index in [0.29, 0.717) is 24.8 Å². The van der Waals surface area contributed by atoms with E-state index in [1.807, 2.05) is 12.1 Å². The molecule has 3 atom stereocenters. The normalized spacial score (nSPS) is 23.7. The largest absolute Gasteiger partial charge is 0.480 e. The van der Waals surface area contributed by atoms with Crippen molar-refractivity contribution in [2.24, 2.45) is 0 Å². The van der Waals surface area contributed by atoms with Gasteiger partial charge in [0.15, 0.2) is 0 Å². The Hall–Kier alpha value is -2.43. The summed E-state index contributed by atoms with van der Waals surface area (Å²) in [4.78, 5) is 22.5. The Morgan fingerprint density at radius 3 is 2.87 bits per heavy atom. The van der Waals surface area contributed by atoms with Crippen LogP contribution in [0, 0.1) is 11.3 Å². The van der Waals surface area contributed by atoms with Gasteiger partial charge in [0.1, 0.15) is 12.6 Å². The number of carboxylic acid groups (broad SMARTS) is 1. The summed E-state index contributed by atoms with van der Waals surface area (Å²) < 4.78 is 0. The Kier molecular flexibility index (Phi) is 5.68. The smallest absolute Gasteiger partial charge is 0.322 e. The Bertz CT molecular complexity index is 626. The summed E-state index contributed by atoms with van der Waals surface area (Å²) in [5, 5.41) is 32.8. The molecule has 1 heterocycles. The lowest BCUT2D eigenvalue weighted by atomic mass is 9.91. The van der Waals surface area contributed by atoms with E-state index >= 15 is 0 Å². The summed E-state index contributed by atoms with van der Waals surface area (Å²) in [6.45, 7) is -0.474. The molecule has 23 heavy (non-hydrogen) atoms. The van der Waals surface area contributed by atoms with E-state index in [2.05, 4.69) is 16.7 Å². The van der Waals surface area contributed by atoms with Gasteiger partial charge in [0.2, 0.25) is 5.91 Å². The second-order valence-corrected chi connectivity index (χ2v) is 5.61. The molecular formula is C16H19N3O4. The molecule has 1 saturated heterocycles. The SMILES string of the molecule is N#Cc1cccc(CC2CCC(O)C(C(=O)NCC(=O)O)N2)c1. The number of aliphatic carboxylic acids is 1. The topological polar surface area (TPSA) is 122 Å². The fourth-order valence-corrected chi connectivity index (χ4v) is 2.72. The third-order valence-corrected chi connectivity index (χ3v) is 3.85. The van der Waals surface area contributed by atoms with Crippen LogP contribution in [0.5, 0.6) is 0 Å². The van der Waals surface area contributed by atoms with Crippen molar-refractivity contribution < 1.29 is 19.8 Å². The number of amides is 1. The number of piperidine rings is 1. The van der Waals surface area contributed by atoms with Crippen molar-refractivity contribution in [3.63, 3.8) is 0 Å². The average molecular weight is 317 g/mol. The summed E-state index contributed by atoms with van der Waals surface area (Å²) in [6, 6.07) is 8.48. The average Bonchev–Trinajstić information content (AvgIpc) is 2.54. The molecule has 1 aliphatic rings. The number of benzene rings is 1. The molecule has 2 rings (SSSR count). The highest BCUT2D eigenvalue weighted by Crippen LogP contribution is 2.18. The van der Waals surface area contributed by atoms with Gasteiger partial charge >= 0.3 is 5.97 Å². The molecule has 4 N–H and O–H groups in total. The van der Waals surface area contributed by atoms with E-state index in [9.17, 15) is 14.7 Å². The van der Waals surface area contributed by atoms with Crippen molar-refractivity contribution in [2.45, 2.75) is 37.5 Å². The molecule has 0 radical (unpaired) electrons. The molecule has 0 aliphatic carbocycles. The Balaban J connectivity index is 1.97. The molecule has 0 aromatic heterocycles. The number of nitriles is 1. The van der Waals surface area contributed by atoms with E-state index in [-0.39, 0.29) is 6.04 Å². The first-order valence-electron chi connectivity index (χ1n) is 7.42. The molecule has 1 fully saturated rings. The van der Waals surface area contributed by atoms with Crippen molar-refractivity contribution in [1.82, 2.24) is 10.6 Å². The van der Waals surface area contributed by atoms with Gasteiger partial charge in [0.25, 0.3) is 0 Å². The van der Waals surface area contributed by atoms with Crippen molar-refractivity contribution >= 4 is 11.9 Å². The highest BCUT2D eigenvalue weighted by molar-refractivity contribution is 5.85. The standard InChI is InChI=1S/C16H19N3O4/c17-8-11-3-1-2-10(6-11)7-12-4-5-13(20)15(19-12)16(23)18-9-14(21)22/h1-3,6,12-13,15,19-20H,4-5,7,9H2,(H,18,23)(H,21,22). The third kappa shape index (κ3) is 4.77. The van der Waals surface area contributed by atoms with Gasteiger partial charge in [0, 0.05) is 6.04 Å². The quantitative estimate of drug-likeness (QED) is 0.596. The monoisotopic (exact) mass is 317 g/mol. The minimum absolute atomic E-state index is 0.0204. The van der Waals surface area contributed by atoms with Crippen LogP contribution in [-0.2, 0) is 16.0 Å². The maximum atomic E-state index is 12.0. The van der Waals surface area contributed by atoms with Gasteiger partial charge < -0.3 is 20.8 Å². The number of carboxylic acids is 1. The van der Waals surface area contributed by atoms with Crippen LogP contribution in [0.2, 0.25) is 0 Å². The first-order chi connectivity index (χ1) is 11.0. The Morgan fingerprint density at radius 1 is 1.39 bits per heavy atom. The minimum Gasteiger partial charge on any atom is -0.480 e. The van der Waals surface area contributed by atoms with Crippen molar-refractivity contribution in [2.75, 3.05) is 6.54 Å². The zero-order chi connectivity index (χ0) is 16.8. The predicted molar refractivity (Wildman–Crippen MR) is 81.5 cm³/mol. The van der Waals surface area contributed by atoms with Crippen molar-refractivity contribution in [3.05, 3.63) is 35.4 Å². The second kappa shape index (κ2) is 7.72. The van der Waals surface area contributed by atoms with E-state index in [0.717, 1.165) is 5.56 Å². The number of nitrogens with one attached hydrogen (secondary N) is 2. The van der Waals surface area contributed by atoms with Gasteiger partial charge in [-0.05, 0) is 37.0 Å². The van der Waals surface area contributed by atoms with Gasteiger partial charge in [-0.15, -0.1) is 0 Å². The molecule has 7 nitrogen and oxygen atoms in total. The van der Waals surface area contributed by atoms with Crippen molar-refractivity contribution in [3.8, 4) is 6.07 Å². The lowest BCUT2D eigenvalue weighted by molar-refractivity contribution is -0.139. The van der Waals surface area contributed by atoms with Gasteiger partial charge in [0.05, 0.1) is 17.7 Å². The zero-order valence-electron chi connectivity index (χ0n) is 12.5. The molecule has 7 heteroatoms. The fourth-order valence-electron chi connectivity index (χ4n) is 2.72. The number of carbonyl (C=O) groups excluding carboxylic acids is 1. The lowest BCUT2D eigenvalue weighted by Crippen LogP contribution is -2.58. The molecule has 0 spiro atoms. The molecule has 3 unspecified atom stereocenters. The first-order valence-corrected chi connectivity index (χ1v) is 7.42. The van der Waals surface area contributed by atoms with Crippen LogP contribution in [0.4, 0.5) is 0 Å². The van der Waals surface area contributed by atoms with Crippen LogP contribution in [-0.4, -0.2) is 46.8 Å². The fraction of sp³-hybridized carbons (Fsp3) is 0.438. The van der Waals surface area contributed by atoms with E-state index in [4.69, 9.17) is 10.4 Å². The molecular weight excluding hydrogens is 298 g/mol. The molecule has 1 aliphatic heterocycles. The number of aliphatic hydroxyl groups excluding tert-OH is 1. The summed E-state index contributed by atoms with van der Waals surface area (Å²) in [7, 11) is 0. The zero-order valence-corrected chi connectivity index (χ0v) is 12.5. The number of carbonyl (C=O) groups is 2. The second-order valence-electron chi connectivity index (χ2n) is 5.61. The molecule has 1 aromatic rings. The van der Waals surface area contributed by atoms with E-state index < -0.39 is 30.6 Å². The molecule has 1 aromatic carbocycles. The summed E-state index contributed by atoms with van der Waals surface area (Å²) >= 11 is 0. The van der Waals surface area contributed by atoms with E-state index in [1.165, 1.54) is 0 Å². The minimum atomic E-state index is -1.13. The number of hydrogen-bond acceptors (Lipinski definition) is 5. The maximum absolute atomic E-state index is 12.0. The van der Waals surface area contributed by atoms with Crippen LogP contribution < -0.4 is 10.6 Å². The number of hydrogen-bond donors (Lipinski definition) is 4. The molecule has 0 bridgehead atoms. The first kappa shape index (κ1) is 16.9. The lowest BCUT2D eigenvalue weighted by Gasteiger charge is -2.34. The van der Waals surface area contributed by atoms with Crippen LogP contribution in [0.1, 0.15) is 24.0 Å². The van der Waals surface area contributed by atoms with E-state index in [1.54, 1.807) is 12.1 Å². The number of rotatable bonds is 5. The number of aliphatic hydroxyl groups is 1. The number of nitrogens with zero attached hydrogens (tertiary/aromatic N) is 1. The van der Waals surface area contributed by atoms with Gasteiger partial charge in [-0.1, -0.05) is 12.1 Å². The maximum Gasteiger partial charge on any atom is 0.322 e. The summed E-state index contributed by atoms with van der Waals surface area (Å²) in [6.07, 6.45) is 0.942. The highest BCUT2D eigenvalue weighted by Gasteiger charge is 2.33.